The third-order valence-electron chi connectivity index (χ3n) is 3.25. The third kappa shape index (κ3) is 2.76. The van der Waals surface area contributed by atoms with E-state index < -0.39 is 0 Å². The highest BCUT2D eigenvalue weighted by Gasteiger charge is 2.08. The van der Waals surface area contributed by atoms with Crippen LogP contribution in [0.3, 0.4) is 0 Å². The van der Waals surface area contributed by atoms with Crippen LogP contribution in [0, 0.1) is 0 Å². The van der Waals surface area contributed by atoms with Gasteiger partial charge in [-0.2, -0.15) is 5.10 Å². The van der Waals surface area contributed by atoms with E-state index in [1.807, 2.05) is 31.2 Å². The van der Waals surface area contributed by atoms with Gasteiger partial charge in [-0.05, 0) is 25.1 Å². The summed E-state index contributed by atoms with van der Waals surface area (Å²) in [4.78, 5) is 16.5. The van der Waals surface area contributed by atoms with Crippen molar-refractivity contribution < 1.29 is 0 Å². The molecule has 5 nitrogen and oxygen atoms in total. The van der Waals surface area contributed by atoms with Crippen LogP contribution in [0.1, 0.15) is 12.5 Å². The predicted octanol–water partition coefficient (Wildman–Crippen LogP) is 2.27. The van der Waals surface area contributed by atoms with Crippen molar-refractivity contribution in [3.8, 4) is 0 Å². The molecule has 2 heterocycles. The molecular weight excluding hydrogens is 264 g/mol. The minimum absolute atomic E-state index is 0.117. The molecule has 0 fully saturated rings. The molecule has 0 aliphatic rings. The van der Waals surface area contributed by atoms with E-state index in [1.54, 1.807) is 12.3 Å². The maximum Gasteiger partial charge on any atom is 0.267 e. The highest BCUT2D eigenvalue weighted by Crippen LogP contribution is 2.20. The summed E-state index contributed by atoms with van der Waals surface area (Å²) in [6.07, 6.45) is 1.61. The lowest BCUT2D eigenvalue weighted by atomic mass is 10.1. The summed E-state index contributed by atoms with van der Waals surface area (Å²) in [5, 5.41) is 8.41. The van der Waals surface area contributed by atoms with Crippen molar-refractivity contribution in [2.45, 2.75) is 13.5 Å². The number of para-hydroxylation sites is 1. The molecule has 0 amide bonds. The van der Waals surface area contributed by atoms with Crippen molar-refractivity contribution in [1.29, 1.82) is 0 Å². The quantitative estimate of drug-likeness (QED) is 0.796. The van der Waals surface area contributed by atoms with Gasteiger partial charge >= 0.3 is 0 Å². The molecule has 0 spiro atoms. The topological polar surface area (TPSA) is 59.8 Å². The SMILES string of the molecule is CCNc1nc2ccccc2cc1Cn1ncccc1=O. The fourth-order valence-electron chi connectivity index (χ4n) is 2.27. The highest BCUT2D eigenvalue weighted by atomic mass is 16.1. The molecule has 21 heavy (non-hydrogen) atoms. The van der Waals surface area contributed by atoms with Crippen LogP contribution in [0.25, 0.3) is 10.9 Å². The number of nitrogens with zero attached hydrogens (tertiary/aromatic N) is 3. The van der Waals surface area contributed by atoms with Gasteiger partial charge in [0.15, 0.2) is 0 Å². The number of benzene rings is 1. The van der Waals surface area contributed by atoms with Crippen molar-refractivity contribution in [2.24, 2.45) is 0 Å². The van der Waals surface area contributed by atoms with Crippen LogP contribution in [-0.2, 0) is 6.54 Å². The third-order valence-corrected chi connectivity index (χ3v) is 3.25. The molecule has 5 heteroatoms. The second-order valence-corrected chi connectivity index (χ2v) is 4.74. The minimum atomic E-state index is -0.117. The van der Waals surface area contributed by atoms with Crippen molar-refractivity contribution in [3.63, 3.8) is 0 Å². The predicted molar refractivity (Wildman–Crippen MR) is 83.5 cm³/mol. The number of anilines is 1. The Balaban J connectivity index is 2.09. The van der Waals surface area contributed by atoms with Crippen molar-refractivity contribution >= 4 is 16.7 Å². The lowest BCUT2D eigenvalue weighted by Crippen LogP contribution is -2.22. The number of hydrogen-bond acceptors (Lipinski definition) is 4. The number of fused-ring (bicyclic) bond motifs is 1. The molecule has 0 aliphatic carbocycles. The van der Waals surface area contributed by atoms with Gasteiger partial charge in [-0.1, -0.05) is 18.2 Å². The van der Waals surface area contributed by atoms with Gasteiger partial charge in [-0.3, -0.25) is 4.79 Å². The van der Waals surface area contributed by atoms with Crippen LogP contribution in [0.2, 0.25) is 0 Å². The minimum Gasteiger partial charge on any atom is -0.370 e. The number of aromatic nitrogens is 3. The van der Waals surface area contributed by atoms with Crippen LogP contribution in [0.4, 0.5) is 5.82 Å². The maximum atomic E-state index is 11.8. The van der Waals surface area contributed by atoms with Crippen LogP contribution in [-0.4, -0.2) is 21.3 Å². The number of pyridine rings is 1. The van der Waals surface area contributed by atoms with Gasteiger partial charge < -0.3 is 5.32 Å². The second kappa shape index (κ2) is 5.75. The van der Waals surface area contributed by atoms with Crippen LogP contribution >= 0.6 is 0 Å². The Labute approximate surface area is 122 Å². The van der Waals surface area contributed by atoms with Crippen LogP contribution in [0.15, 0.2) is 53.5 Å². The number of hydrogen-bond donors (Lipinski definition) is 1. The molecule has 3 rings (SSSR count). The van der Waals surface area contributed by atoms with Crippen molar-refractivity contribution in [1.82, 2.24) is 14.8 Å². The maximum absolute atomic E-state index is 11.8. The Morgan fingerprint density at radius 2 is 2.05 bits per heavy atom. The van der Waals surface area contributed by atoms with Crippen LogP contribution in [0.5, 0.6) is 0 Å². The Morgan fingerprint density at radius 3 is 2.86 bits per heavy atom. The molecule has 0 bridgehead atoms. The number of nitrogens with one attached hydrogen (secondary N) is 1. The first-order valence-corrected chi connectivity index (χ1v) is 6.92. The monoisotopic (exact) mass is 280 g/mol. The summed E-state index contributed by atoms with van der Waals surface area (Å²) >= 11 is 0. The standard InChI is InChI=1S/C16H16N4O/c1-2-17-16-13(11-20-15(21)8-5-9-18-20)10-12-6-3-4-7-14(12)19-16/h3-10H,2,11H2,1H3,(H,17,19). The highest BCUT2D eigenvalue weighted by molar-refractivity contribution is 5.81. The average molecular weight is 280 g/mol. The van der Waals surface area contributed by atoms with E-state index in [2.05, 4.69) is 21.5 Å². The zero-order chi connectivity index (χ0) is 14.7. The van der Waals surface area contributed by atoms with Crippen molar-refractivity contribution in [3.05, 3.63) is 64.6 Å². The summed E-state index contributed by atoms with van der Waals surface area (Å²) in [6, 6.07) is 13.1. The molecule has 0 unspecified atom stereocenters. The molecule has 1 aromatic carbocycles. The van der Waals surface area contributed by atoms with E-state index >= 15 is 0 Å². The molecule has 0 atom stereocenters. The smallest absolute Gasteiger partial charge is 0.267 e. The first-order valence-electron chi connectivity index (χ1n) is 6.92. The first kappa shape index (κ1) is 13.3. The Bertz CT molecular complexity index is 826. The zero-order valence-electron chi connectivity index (χ0n) is 11.8. The van der Waals surface area contributed by atoms with Gasteiger partial charge in [-0.15, -0.1) is 0 Å². The van der Waals surface area contributed by atoms with E-state index in [1.165, 1.54) is 10.7 Å². The molecule has 3 aromatic rings. The Kier molecular flexibility index (Phi) is 3.64. The van der Waals surface area contributed by atoms with E-state index in [4.69, 9.17) is 0 Å². The number of rotatable bonds is 4. The van der Waals surface area contributed by atoms with Gasteiger partial charge in [-0.25, -0.2) is 9.67 Å². The summed E-state index contributed by atoms with van der Waals surface area (Å²) in [5.74, 6) is 0.800. The molecule has 0 saturated heterocycles. The lowest BCUT2D eigenvalue weighted by molar-refractivity contribution is 0.639. The lowest BCUT2D eigenvalue weighted by Gasteiger charge is -2.12. The normalized spacial score (nSPS) is 10.7. The largest absolute Gasteiger partial charge is 0.370 e. The second-order valence-electron chi connectivity index (χ2n) is 4.74. The summed E-state index contributed by atoms with van der Waals surface area (Å²) in [6.45, 7) is 3.20. The summed E-state index contributed by atoms with van der Waals surface area (Å²) in [5.41, 5.74) is 1.77. The Hall–Kier alpha value is -2.69. The van der Waals surface area contributed by atoms with E-state index in [-0.39, 0.29) is 5.56 Å². The van der Waals surface area contributed by atoms with Gasteiger partial charge in [0.05, 0.1) is 12.1 Å². The first-order chi connectivity index (χ1) is 10.3. The fraction of sp³-hybridized carbons (Fsp3) is 0.188. The molecular formula is C16H16N4O. The molecule has 1 N–H and O–H groups in total. The fourth-order valence-corrected chi connectivity index (χ4v) is 2.27. The summed E-state index contributed by atoms with van der Waals surface area (Å²) < 4.78 is 1.44. The van der Waals surface area contributed by atoms with Crippen LogP contribution < -0.4 is 10.9 Å². The molecule has 2 aromatic heterocycles. The average Bonchev–Trinajstić information content (AvgIpc) is 2.50. The molecule has 0 aliphatic heterocycles. The molecule has 0 saturated carbocycles. The van der Waals surface area contributed by atoms with E-state index in [0.717, 1.165) is 28.8 Å². The summed E-state index contributed by atoms with van der Waals surface area (Å²) in [7, 11) is 0. The van der Waals surface area contributed by atoms with Gasteiger partial charge in [0.25, 0.3) is 5.56 Å². The van der Waals surface area contributed by atoms with Gasteiger partial charge in [0.2, 0.25) is 0 Å². The van der Waals surface area contributed by atoms with Gasteiger partial charge in [0.1, 0.15) is 5.82 Å². The molecule has 0 radical (unpaired) electrons. The van der Waals surface area contributed by atoms with Gasteiger partial charge in [0, 0.05) is 29.8 Å². The van der Waals surface area contributed by atoms with Crippen molar-refractivity contribution in [2.75, 3.05) is 11.9 Å². The zero-order valence-corrected chi connectivity index (χ0v) is 11.8. The molecule has 106 valence electrons. The Morgan fingerprint density at radius 1 is 1.19 bits per heavy atom. The van der Waals surface area contributed by atoms with E-state index in [9.17, 15) is 4.79 Å². The van der Waals surface area contributed by atoms with E-state index in [0.29, 0.717) is 6.54 Å².